The van der Waals surface area contributed by atoms with Gasteiger partial charge in [-0.1, -0.05) is 60.7 Å². The van der Waals surface area contributed by atoms with Crippen molar-refractivity contribution in [1.82, 2.24) is 30.4 Å². The van der Waals surface area contributed by atoms with Crippen molar-refractivity contribution in [3.05, 3.63) is 77.5 Å². The average Bonchev–Trinajstić information content (AvgIpc) is 3.35. The number of rotatable bonds is 6. The Bertz CT molecular complexity index is 1350. The third kappa shape index (κ3) is 4.37. The molecule has 0 bridgehead atoms. The van der Waals surface area contributed by atoms with Gasteiger partial charge < -0.3 is 20.0 Å². The molecule has 2 aliphatic heterocycles. The zero-order chi connectivity index (χ0) is 24.5. The first-order chi connectivity index (χ1) is 17.7. The number of H-pyrrole nitrogens is 1. The molecule has 2 aromatic carbocycles. The van der Waals surface area contributed by atoms with Crippen molar-refractivity contribution in [2.75, 3.05) is 49.6 Å². The number of anilines is 2. The number of carbonyl (C=O) groups excluding carboxylic acids is 1. The highest BCUT2D eigenvalue weighted by atomic mass is 16.1. The van der Waals surface area contributed by atoms with Crippen LogP contribution in [0.2, 0.25) is 0 Å². The van der Waals surface area contributed by atoms with Gasteiger partial charge in [-0.3, -0.25) is 9.89 Å². The van der Waals surface area contributed by atoms with Crippen molar-refractivity contribution in [1.29, 1.82) is 0 Å². The van der Waals surface area contributed by atoms with Gasteiger partial charge in [-0.05, 0) is 18.2 Å². The number of nitrogens with one attached hydrogen (secondary N) is 2. The minimum Gasteiger partial charge on any atom is -0.351 e. The number of likely N-dealkylation sites (N-methyl/N-ethyl adjacent to an activating group) is 1. The Morgan fingerprint density at radius 3 is 2.39 bits per heavy atom. The zero-order valence-corrected chi connectivity index (χ0v) is 20.4. The lowest BCUT2D eigenvalue weighted by molar-refractivity contribution is -0.122. The minimum atomic E-state index is -0.420. The monoisotopic (exact) mass is 482 g/mol. The second-order valence-electron chi connectivity index (χ2n) is 9.59. The molecular weight excluding hydrogens is 452 g/mol. The molecule has 2 aliphatic rings. The number of amides is 1. The van der Waals surface area contributed by atoms with Crippen molar-refractivity contribution in [2.45, 2.75) is 19.0 Å². The molecule has 4 heterocycles. The largest absolute Gasteiger partial charge is 0.351 e. The van der Waals surface area contributed by atoms with E-state index in [0.717, 1.165) is 48.6 Å². The van der Waals surface area contributed by atoms with E-state index in [1.165, 1.54) is 5.56 Å². The van der Waals surface area contributed by atoms with Gasteiger partial charge in [-0.25, -0.2) is 0 Å². The predicted octanol–water partition coefficient (Wildman–Crippen LogP) is 2.52. The Balaban J connectivity index is 1.35. The van der Waals surface area contributed by atoms with E-state index in [0.29, 0.717) is 31.2 Å². The zero-order valence-electron chi connectivity index (χ0n) is 20.4. The quantitative estimate of drug-likeness (QED) is 0.436. The number of benzene rings is 2. The molecule has 1 atom stereocenters. The van der Waals surface area contributed by atoms with E-state index in [1.807, 2.05) is 48.5 Å². The number of nitrogens with zero attached hydrogens (tertiary/aromatic N) is 6. The number of aromatic nitrogens is 4. The van der Waals surface area contributed by atoms with Crippen molar-refractivity contribution in [3.8, 4) is 0 Å². The molecule has 2 N–H and O–H groups in total. The lowest BCUT2D eigenvalue weighted by Gasteiger charge is -2.35. The van der Waals surface area contributed by atoms with Gasteiger partial charge in [-0.2, -0.15) is 15.1 Å². The lowest BCUT2D eigenvalue weighted by Crippen LogP contribution is -2.45. The smallest absolute Gasteiger partial charge is 0.231 e. The second-order valence-corrected chi connectivity index (χ2v) is 9.59. The molecule has 9 heteroatoms. The fourth-order valence-corrected chi connectivity index (χ4v) is 5.00. The van der Waals surface area contributed by atoms with Crippen LogP contribution < -0.4 is 15.1 Å². The van der Waals surface area contributed by atoms with Crippen LogP contribution in [0.25, 0.3) is 11.0 Å². The molecule has 0 saturated carbocycles. The number of hydrogen-bond acceptors (Lipinski definition) is 7. The molecule has 1 amide bonds. The molecule has 0 spiro atoms. The highest BCUT2D eigenvalue weighted by molar-refractivity contribution is 5.98. The highest BCUT2D eigenvalue weighted by Gasteiger charge is 2.36. The van der Waals surface area contributed by atoms with Crippen LogP contribution in [0.5, 0.6) is 0 Å². The van der Waals surface area contributed by atoms with Crippen LogP contribution in [-0.2, 0) is 17.9 Å². The summed E-state index contributed by atoms with van der Waals surface area (Å²) in [5.74, 6) is 1.09. The first-order valence-electron chi connectivity index (χ1n) is 12.5. The maximum atomic E-state index is 13.4. The maximum Gasteiger partial charge on any atom is 0.231 e. The fraction of sp³-hybridized carbons (Fsp3) is 0.333. The summed E-state index contributed by atoms with van der Waals surface area (Å²) in [6.45, 7) is 5.35. The summed E-state index contributed by atoms with van der Waals surface area (Å²) in [4.78, 5) is 30.0. The summed E-state index contributed by atoms with van der Waals surface area (Å²) in [5, 5.41) is 11.6. The summed E-state index contributed by atoms with van der Waals surface area (Å²) < 4.78 is 0. The SMILES string of the molecule is CN1CCN(c2nc3c4c(n[nH]c4n2)C(C(=O)NCc2ccccc2)CN3Cc2ccccc2)CC1. The normalized spacial score (nSPS) is 18.0. The molecule has 0 radical (unpaired) electrons. The first kappa shape index (κ1) is 22.5. The van der Waals surface area contributed by atoms with E-state index < -0.39 is 5.92 Å². The minimum absolute atomic E-state index is 0.0425. The van der Waals surface area contributed by atoms with Gasteiger partial charge in [0.05, 0.1) is 11.1 Å². The summed E-state index contributed by atoms with van der Waals surface area (Å²) in [6, 6.07) is 20.3. The molecule has 36 heavy (non-hydrogen) atoms. The van der Waals surface area contributed by atoms with E-state index in [1.54, 1.807) is 0 Å². The summed E-state index contributed by atoms with van der Waals surface area (Å²) in [7, 11) is 2.14. The van der Waals surface area contributed by atoms with E-state index in [9.17, 15) is 4.79 Å². The van der Waals surface area contributed by atoms with Crippen LogP contribution in [-0.4, -0.2) is 70.7 Å². The molecule has 1 unspecified atom stereocenters. The summed E-state index contributed by atoms with van der Waals surface area (Å²) in [5.41, 5.74) is 3.64. The third-order valence-electron chi connectivity index (χ3n) is 7.08. The number of carbonyl (C=O) groups is 1. The van der Waals surface area contributed by atoms with Gasteiger partial charge in [0.15, 0.2) is 5.65 Å². The fourth-order valence-electron chi connectivity index (χ4n) is 5.00. The molecule has 9 nitrogen and oxygen atoms in total. The predicted molar refractivity (Wildman–Crippen MR) is 140 cm³/mol. The van der Waals surface area contributed by atoms with Gasteiger partial charge >= 0.3 is 0 Å². The Kier molecular flexibility index (Phi) is 5.98. The van der Waals surface area contributed by atoms with Crippen molar-refractivity contribution < 1.29 is 4.79 Å². The lowest BCUT2D eigenvalue weighted by atomic mass is 9.96. The highest BCUT2D eigenvalue weighted by Crippen LogP contribution is 2.38. The molecule has 4 aromatic rings. The molecular formula is C27H30N8O. The van der Waals surface area contributed by atoms with Gasteiger partial charge in [0, 0.05) is 45.8 Å². The van der Waals surface area contributed by atoms with Gasteiger partial charge in [-0.15, -0.1) is 0 Å². The molecule has 0 aliphatic carbocycles. The molecule has 2 aromatic heterocycles. The van der Waals surface area contributed by atoms with Crippen LogP contribution in [0.1, 0.15) is 22.7 Å². The van der Waals surface area contributed by atoms with Gasteiger partial charge in [0.2, 0.25) is 11.9 Å². The van der Waals surface area contributed by atoms with Gasteiger partial charge in [0.25, 0.3) is 0 Å². The topological polar surface area (TPSA) is 93.3 Å². The number of aromatic amines is 1. The molecule has 6 rings (SSSR count). The van der Waals surface area contributed by atoms with Crippen molar-refractivity contribution in [2.24, 2.45) is 0 Å². The Labute approximate surface area is 210 Å². The van der Waals surface area contributed by atoms with E-state index in [-0.39, 0.29) is 5.91 Å². The summed E-state index contributed by atoms with van der Waals surface area (Å²) in [6.07, 6.45) is 0. The van der Waals surface area contributed by atoms with Crippen LogP contribution in [0.4, 0.5) is 11.8 Å². The van der Waals surface area contributed by atoms with E-state index in [4.69, 9.17) is 9.97 Å². The molecule has 184 valence electrons. The van der Waals surface area contributed by atoms with Crippen LogP contribution >= 0.6 is 0 Å². The third-order valence-corrected chi connectivity index (χ3v) is 7.08. The van der Waals surface area contributed by atoms with E-state index in [2.05, 4.69) is 49.4 Å². The number of piperazine rings is 1. The van der Waals surface area contributed by atoms with Crippen LogP contribution in [0.3, 0.4) is 0 Å². The standard InChI is InChI=1S/C27H30N8O/c1-33-12-14-34(15-13-33)27-29-24-22-23(31-32-24)21(26(36)28-16-19-8-4-2-5-9-19)18-35(25(22)30-27)17-20-10-6-3-7-11-20/h2-11,21H,12-18H2,1H3,(H,28,36)(H,29,30,31,32). The van der Waals surface area contributed by atoms with Crippen molar-refractivity contribution >= 4 is 28.7 Å². The Morgan fingerprint density at radius 2 is 1.67 bits per heavy atom. The van der Waals surface area contributed by atoms with Crippen LogP contribution in [0, 0.1) is 0 Å². The first-order valence-corrected chi connectivity index (χ1v) is 12.5. The number of hydrogen-bond donors (Lipinski definition) is 2. The summed E-state index contributed by atoms with van der Waals surface area (Å²) >= 11 is 0. The molecule has 1 fully saturated rings. The van der Waals surface area contributed by atoms with Crippen molar-refractivity contribution in [3.63, 3.8) is 0 Å². The average molecular weight is 483 g/mol. The molecule has 1 saturated heterocycles. The van der Waals surface area contributed by atoms with Gasteiger partial charge in [0.1, 0.15) is 11.7 Å². The Hall–Kier alpha value is -3.98. The second kappa shape index (κ2) is 9.58. The van der Waals surface area contributed by atoms with E-state index >= 15 is 0 Å². The van der Waals surface area contributed by atoms with Crippen LogP contribution in [0.15, 0.2) is 60.7 Å². The maximum absolute atomic E-state index is 13.4. The Morgan fingerprint density at radius 1 is 0.972 bits per heavy atom.